The van der Waals surface area contributed by atoms with Gasteiger partial charge in [0.2, 0.25) is 0 Å². The van der Waals surface area contributed by atoms with Crippen LogP contribution in [0.4, 0.5) is 0 Å². The van der Waals surface area contributed by atoms with E-state index in [4.69, 9.17) is 18.9 Å². The predicted octanol–water partition coefficient (Wildman–Crippen LogP) is 1.94. The minimum atomic E-state index is -1.06. The zero-order chi connectivity index (χ0) is 17.9. The van der Waals surface area contributed by atoms with Crippen LogP contribution >= 0.6 is 0 Å². The number of hydrogen-bond acceptors (Lipinski definition) is 6. The van der Waals surface area contributed by atoms with E-state index in [9.17, 15) is 10.2 Å². The molecular formula is C20H22O6. The molecule has 2 aromatic carbocycles. The first-order valence-corrected chi connectivity index (χ1v) is 8.73. The lowest BCUT2D eigenvalue weighted by molar-refractivity contribution is -0.107. The second kappa shape index (κ2) is 7.84. The Balaban J connectivity index is 1.50. The van der Waals surface area contributed by atoms with E-state index in [1.54, 1.807) is 0 Å². The van der Waals surface area contributed by atoms with Crippen molar-refractivity contribution in [2.45, 2.75) is 37.0 Å². The largest absolute Gasteiger partial charge is 0.394 e. The molecule has 4 rings (SSSR count). The summed E-state index contributed by atoms with van der Waals surface area (Å²) in [5.41, 5.74) is 1.77. The predicted molar refractivity (Wildman–Crippen MR) is 92.0 cm³/mol. The molecule has 2 unspecified atom stereocenters. The summed E-state index contributed by atoms with van der Waals surface area (Å²) in [4.78, 5) is 0. The highest BCUT2D eigenvalue weighted by molar-refractivity contribution is 5.18. The first kappa shape index (κ1) is 17.6. The van der Waals surface area contributed by atoms with Gasteiger partial charge in [-0.1, -0.05) is 60.7 Å². The van der Waals surface area contributed by atoms with Crippen molar-refractivity contribution in [3.63, 3.8) is 0 Å². The summed E-state index contributed by atoms with van der Waals surface area (Å²) in [6.07, 6.45) is -3.81. The maximum atomic E-state index is 10.2. The van der Waals surface area contributed by atoms with Gasteiger partial charge in [0.15, 0.2) is 12.6 Å². The Bertz CT molecular complexity index is 694. The van der Waals surface area contributed by atoms with Crippen LogP contribution in [0.2, 0.25) is 0 Å². The molecule has 6 heteroatoms. The molecule has 2 N–H and O–H groups in total. The molecule has 0 saturated carbocycles. The summed E-state index contributed by atoms with van der Waals surface area (Å²) >= 11 is 0. The second-order valence-corrected chi connectivity index (χ2v) is 6.44. The van der Waals surface area contributed by atoms with Crippen molar-refractivity contribution in [1.82, 2.24) is 0 Å². The lowest BCUT2D eigenvalue weighted by atomic mass is 10.0. The van der Waals surface area contributed by atoms with Gasteiger partial charge in [-0.2, -0.15) is 0 Å². The molecule has 2 fully saturated rings. The van der Waals surface area contributed by atoms with E-state index in [1.807, 2.05) is 60.7 Å². The van der Waals surface area contributed by atoms with E-state index >= 15 is 0 Å². The van der Waals surface area contributed by atoms with Crippen LogP contribution in [0.25, 0.3) is 0 Å². The number of aliphatic hydroxyl groups excluding tert-OH is 2. The molecule has 0 spiro atoms. The molecule has 2 aromatic rings. The SMILES string of the molecule is OC[C@H](O)[C@H]1OC(c2ccccc2)O[C@@H]1[C@H]1COC(c2ccccc2)O1. The van der Waals surface area contributed by atoms with Crippen LogP contribution < -0.4 is 0 Å². The summed E-state index contributed by atoms with van der Waals surface area (Å²) in [6, 6.07) is 19.2. The number of benzene rings is 2. The Hall–Kier alpha value is -1.80. The summed E-state index contributed by atoms with van der Waals surface area (Å²) in [5, 5.41) is 19.6. The fourth-order valence-electron chi connectivity index (χ4n) is 3.33. The van der Waals surface area contributed by atoms with E-state index in [1.165, 1.54) is 0 Å². The maximum Gasteiger partial charge on any atom is 0.184 e. The number of rotatable bonds is 5. The Morgan fingerprint density at radius 2 is 1.46 bits per heavy atom. The van der Waals surface area contributed by atoms with Crippen LogP contribution in [-0.2, 0) is 18.9 Å². The lowest BCUT2D eigenvalue weighted by Gasteiger charge is -2.24. The number of aliphatic hydroxyl groups is 2. The van der Waals surface area contributed by atoms with Gasteiger partial charge in [0.05, 0.1) is 13.2 Å². The number of hydrogen-bond donors (Lipinski definition) is 2. The van der Waals surface area contributed by atoms with Gasteiger partial charge in [0.25, 0.3) is 0 Å². The van der Waals surface area contributed by atoms with Crippen molar-refractivity contribution in [3.8, 4) is 0 Å². The average Bonchev–Trinajstić information content (AvgIpc) is 3.36. The minimum Gasteiger partial charge on any atom is -0.394 e. The van der Waals surface area contributed by atoms with Crippen LogP contribution in [-0.4, -0.2) is 47.8 Å². The van der Waals surface area contributed by atoms with Crippen molar-refractivity contribution in [1.29, 1.82) is 0 Å². The van der Waals surface area contributed by atoms with E-state index < -0.39 is 43.6 Å². The van der Waals surface area contributed by atoms with Crippen molar-refractivity contribution in [3.05, 3.63) is 71.8 Å². The summed E-state index contributed by atoms with van der Waals surface area (Å²) in [5.74, 6) is 0. The molecule has 0 aromatic heterocycles. The highest BCUT2D eigenvalue weighted by Crippen LogP contribution is 2.38. The van der Waals surface area contributed by atoms with Crippen LogP contribution in [0.1, 0.15) is 23.7 Å². The Kier molecular flexibility index (Phi) is 5.31. The summed E-state index contributed by atoms with van der Waals surface area (Å²) in [6.45, 7) is -0.0918. The fourth-order valence-corrected chi connectivity index (χ4v) is 3.33. The van der Waals surface area contributed by atoms with Gasteiger partial charge in [-0.15, -0.1) is 0 Å². The van der Waals surface area contributed by atoms with E-state index in [0.29, 0.717) is 6.61 Å². The first-order chi connectivity index (χ1) is 12.8. The molecule has 138 valence electrons. The quantitative estimate of drug-likeness (QED) is 0.851. The monoisotopic (exact) mass is 358 g/mol. The third kappa shape index (κ3) is 3.53. The molecule has 6 atom stereocenters. The molecule has 6 nitrogen and oxygen atoms in total. The molecule has 26 heavy (non-hydrogen) atoms. The standard InChI is InChI=1S/C20H22O6/c21-11-15(22)17-18(26-20(25-17)14-9-5-2-6-10-14)16-12-23-19(24-16)13-7-3-1-4-8-13/h1-10,15-22H,11-12H2/t15-,16+,17+,18+,19?,20?/m0/s1. The van der Waals surface area contributed by atoms with E-state index in [2.05, 4.69) is 0 Å². The normalized spacial score (nSPS) is 32.6. The zero-order valence-corrected chi connectivity index (χ0v) is 14.2. The third-order valence-electron chi connectivity index (χ3n) is 4.67. The molecule has 0 radical (unpaired) electrons. The van der Waals surface area contributed by atoms with Crippen LogP contribution in [0.5, 0.6) is 0 Å². The molecule has 0 amide bonds. The fraction of sp³-hybridized carbons (Fsp3) is 0.400. The van der Waals surface area contributed by atoms with Crippen LogP contribution in [0, 0.1) is 0 Å². The number of ether oxygens (including phenoxy) is 4. The average molecular weight is 358 g/mol. The van der Waals surface area contributed by atoms with Crippen molar-refractivity contribution in [2.24, 2.45) is 0 Å². The second-order valence-electron chi connectivity index (χ2n) is 6.44. The molecule has 0 bridgehead atoms. The van der Waals surface area contributed by atoms with Gasteiger partial charge < -0.3 is 29.2 Å². The van der Waals surface area contributed by atoms with E-state index in [-0.39, 0.29) is 0 Å². The van der Waals surface area contributed by atoms with Gasteiger partial charge in [0, 0.05) is 11.1 Å². The first-order valence-electron chi connectivity index (χ1n) is 8.73. The summed E-state index contributed by atoms with van der Waals surface area (Å²) < 4.78 is 23.7. The van der Waals surface area contributed by atoms with E-state index in [0.717, 1.165) is 11.1 Å². The minimum absolute atomic E-state index is 0.323. The summed E-state index contributed by atoms with van der Waals surface area (Å²) in [7, 11) is 0. The maximum absolute atomic E-state index is 10.2. The molecule has 2 heterocycles. The molecule has 0 aliphatic carbocycles. The van der Waals surface area contributed by atoms with Crippen molar-refractivity contribution in [2.75, 3.05) is 13.2 Å². The van der Waals surface area contributed by atoms with Gasteiger partial charge in [-0.25, -0.2) is 0 Å². The Morgan fingerprint density at radius 1 is 0.846 bits per heavy atom. The Labute approximate surface area is 151 Å². The third-order valence-corrected chi connectivity index (χ3v) is 4.67. The molecular weight excluding hydrogens is 336 g/mol. The molecule has 2 saturated heterocycles. The van der Waals surface area contributed by atoms with Crippen LogP contribution in [0.3, 0.4) is 0 Å². The Morgan fingerprint density at radius 3 is 2.08 bits per heavy atom. The van der Waals surface area contributed by atoms with Crippen molar-refractivity contribution < 1.29 is 29.2 Å². The zero-order valence-electron chi connectivity index (χ0n) is 14.2. The van der Waals surface area contributed by atoms with Gasteiger partial charge >= 0.3 is 0 Å². The topological polar surface area (TPSA) is 77.4 Å². The molecule has 2 aliphatic heterocycles. The van der Waals surface area contributed by atoms with Gasteiger partial charge in [-0.05, 0) is 0 Å². The van der Waals surface area contributed by atoms with Gasteiger partial charge in [0.1, 0.15) is 24.4 Å². The highest BCUT2D eigenvalue weighted by atomic mass is 16.8. The lowest BCUT2D eigenvalue weighted by Crippen LogP contribution is -2.44. The highest BCUT2D eigenvalue weighted by Gasteiger charge is 2.48. The van der Waals surface area contributed by atoms with Crippen molar-refractivity contribution >= 4 is 0 Å². The smallest absolute Gasteiger partial charge is 0.184 e. The van der Waals surface area contributed by atoms with Crippen LogP contribution in [0.15, 0.2) is 60.7 Å². The van der Waals surface area contributed by atoms with Gasteiger partial charge in [-0.3, -0.25) is 0 Å². The molecule has 2 aliphatic rings.